The van der Waals surface area contributed by atoms with E-state index >= 15 is 0 Å². The van der Waals surface area contributed by atoms with Crippen LogP contribution in [0.1, 0.15) is 17.5 Å². The number of hydrogen-bond donors (Lipinski definition) is 2. The molecule has 1 aliphatic heterocycles. The Morgan fingerprint density at radius 1 is 0.900 bits per heavy atom. The third-order valence-corrected chi connectivity index (χ3v) is 5.06. The van der Waals surface area contributed by atoms with Gasteiger partial charge in [-0.25, -0.2) is 0 Å². The zero-order valence-electron chi connectivity index (χ0n) is 17.4. The van der Waals surface area contributed by atoms with E-state index < -0.39 is 18.3 Å². The summed E-state index contributed by atoms with van der Waals surface area (Å²) in [5.41, 5.74) is 2.00. The van der Waals surface area contributed by atoms with Crippen LogP contribution in [0.3, 0.4) is 0 Å². The average molecular weight is 418 g/mol. The second-order valence-electron chi connectivity index (χ2n) is 7.32. The van der Waals surface area contributed by atoms with Gasteiger partial charge in [-0.3, -0.25) is 0 Å². The Bertz CT molecular complexity index is 747. The van der Waals surface area contributed by atoms with Crippen molar-refractivity contribution in [2.24, 2.45) is 0 Å². The molecule has 4 atom stereocenters. The van der Waals surface area contributed by atoms with Crippen molar-refractivity contribution in [3.63, 3.8) is 0 Å². The normalized spacial score (nSPS) is 22.1. The van der Waals surface area contributed by atoms with Gasteiger partial charge in [0.25, 0.3) is 0 Å². The second-order valence-corrected chi connectivity index (χ2v) is 7.32. The number of aliphatic hydroxyl groups excluding tert-OH is 2. The zero-order valence-corrected chi connectivity index (χ0v) is 17.4. The van der Waals surface area contributed by atoms with Gasteiger partial charge in [0.15, 0.2) is 0 Å². The van der Waals surface area contributed by atoms with Crippen LogP contribution in [0.25, 0.3) is 0 Å². The second kappa shape index (κ2) is 11.3. The first-order valence-corrected chi connectivity index (χ1v) is 10.0. The Labute approximate surface area is 177 Å². The fourth-order valence-electron chi connectivity index (χ4n) is 3.37. The quantitative estimate of drug-likeness (QED) is 0.579. The van der Waals surface area contributed by atoms with Gasteiger partial charge >= 0.3 is 0 Å². The average Bonchev–Trinajstić information content (AvgIpc) is 3.15. The molecular formula is C23H30O7. The number of ether oxygens (including phenoxy) is 5. The first-order chi connectivity index (χ1) is 14.6. The summed E-state index contributed by atoms with van der Waals surface area (Å²) in [6, 6.07) is 15.2. The molecule has 0 bridgehead atoms. The summed E-state index contributed by atoms with van der Waals surface area (Å²) in [5.74, 6) is 1.58. The van der Waals surface area contributed by atoms with E-state index in [-0.39, 0.29) is 12.7 Å². The van der Waals surface area contributed by atoms with Crippen LogP contribution in [-0.4, -0.2) is 62.1 Å². The van der Waals surface area contributed by atoms with Crippen LogP contribution in [0, 0.1) is 0 Å². The summed E-state index contributed by atoms with van der Waals surface area (Å²) >= 11 is 0. The molecule has 1 heterocycles. The largest absolute Gasteiger partial charge is 0.497 e. The third-order valence-electron chi connectivity index (χ3n) is 5.06. The molecule has 0 saturated carbocycles. The van der Waals surface area contributed by atoms with E-state index in [0.717, 1.165) is 22.6 Å². The van der Waals surface area contributed by atoms with Crippen molar-refractivity contribution < 1.29 is 33.9 Å². The van der Waals surface area contributed by atoms with E-state index in [1.807, 2.05) is 48.5 Å². The summed E-state index contributed by atoms with van der Waals surface area (Å²) in [5, 5.41) is 20.6. The molecular weight excluding hydrogens is 388 g/mol. The summed E-state index contributed by atoms with van der Waals surface area (Å²) < 4.78 is 27.4. The SMILES string of the molecule is COc1ccc(COC[C@@H]2C[C@@H](O)[C@H]([C@H](O)COCc3ccc(OC)cc3)O2)cc1. The first-order valence-electron chi connectivity index (χ1n) is 10.0. The molecule has 30 heavy (non-hydrogen) atoms. The minimum atomic E-state index is -0.912. The highest BCUT2D eigenvalue weighted by atomic mass is 16.6. The predicted molar refractivity (Wildman–Crippen MR) is 111 cm³/mol. The van der Waals surface area contributed by atoms with E-state index in [0.29, 0.717) is 26.2 Å². The zero-order chi connectivity index (χ0) is 21.3. The van der Waals surface area contributed by atoms with Gasteiger partial charge < -0.3 is 33.9 Å². The molecule has 0 amide bonds. The maximum Gasteiger partial charge on any atom is 0.118 e. The third kappa shape index (κ3) is 6.42. The Balaban J connectivity index is 1.36. The van der Waals surface area contributed by atoms with Crippen molar-refractivity contribution in [2.75, 3.05) is 27.4 Å². The number of rotatable bonds is 11. The van der Waals surface area contributed by atoms with Gasteiger partial charge in [0.05, 0.1) is 52.9 Å². The number of benzene rings is 2. The lowest BCUT2D eigenvalue weighted by Gasteiger charge is -2.21. The smallest absolute Gasteiger partial charge is 0.118 e. The fraction of sp³-hybridized carbons (Fsp3) is 0.478. The lowest BCUT2D eigenvalue weighted by molar-refractivity contribution is -0.105. The molecule has 2 N–H and O–H groups in total. The Morgan fingerprint density at radius 3 is 1.97 bits per heavy atom. The van der Waals surface area contributed by atoms with Crippen molar-refractivity contribution in [1.82, 2.24) is 0 Å². The molecule has 0 unspecified atom stereocenters. The van der Waals surface area contributed by atoms with Crippen molar-refractivity contribution in [2.45, 2.75) is 44.1 Å². The van der Waals surface area contributed by atoms with Crippen LogP contribution in [0.15, 0.2) is 48.5 Å². The number of methoxy groups -OCH3 is 2. The standard InChI is InChI=1S/C23H30O7/c1-26-18-7-3-16(4-8-18)12-28-14-20-11-21(24)23(30-20)22(25)15-29-13-17-5-9-19(27-2)10-6-17/h3-10,20-25H,11-15H2,1-2H3/t20-,21+,22+,23+/m0/s1. The summed E-state index contributed by atoms with van der Waals surface area (Å²) in [4.78, 5) is 0. The summed E-state index contributed by atoms with van der Waals surface area (Å²) in [6.07, 6.45) is -2.19. The Kier molecular flexibility index (Phi) is 8.48. The molecule has 0 radical (unpaired) electrons. The fourth-order valence-corrected chi connectivity index (χ4v) is 3.37. The number of aliphatic hydroxyl groups is 2. The first kappa shape index (κ1) is 22.5. The van der Waals surface area contributed by atoms with Crippen LogP contribution in [0.5, 0.6) is 11.5 Å². The number of hydrogen-bond acceptors (Lipinski definition) is 7. The Morgan fingerprint density at radius 2 is 1.43 bits per heavy atom. The lowest BCUT2D eigenvalue weighted by Crippen LogP contribution is -2.37. The molecule has 2 aromatic carbocycles. The molecule has 3 rings (SSSR count). The highest BCUT2D eigenvalue weighted by Gasteiger charge is 2.38. The van der Waals surface area contributed by atoms with Gasteiger partial charge in [-0.2, -0.15) is 0 Å². The van der Waals surface area contributed by atoms with Crippen LogP contribution in [0.2, 0.25) is 0 Å². The molecule has 0 aromatic heterocycles. The van der Waals surface area contributed by atoms with Crippen molar-refractivity contribution in [3.05, 3.63) is 59.7 Å². The topological polar surface area (TPSA) is 86.6 Å². The monoisotopic (exact) mass is 418 g/mol. The molecule has 0 aliphatic carbocycles. The van der Waals surface area contributed by atoms with E-state index in [1.54, 1.807) is 14.2 Å². The minimum absolute atomic E-state index is 0.0766. The van der Waals surface area contributed by atoms with Gasteiger partial charge in [0.2, 0.25) is 0 Å². The molecule has 7 heteroatoms. The van der Waals surface area contributed by atoms with Gasteiger partial charge in [0.1, 0.15) is 23.7 Å². The molecule has 164 valence electrons. The van der Waals surface area contributed by atoms with Gasteiger partial charge in [-0.1, -0.05) is 24.3 Å². The van der Waals surface area contributed by atoms with Crippen LogP contribution >= 0.6 is 0 Å². The van der Waals surface area contributed by atoms with E-state index in [4.69, 9.17) is 23.7 Å². The lowest BCUT2D eigenvalue weighted by atomic mass is 10.1. The van der Waals surface area contributed by atoms with E-state index in [2.05, 4.69) is 0 Å². The van der Waals surface area contributed by atoms with Crippen molar-refractivity contribution >= 4 is 0 Å². The molecule has 7 nitrogen and oxygen atoms in total. The predicted octanol–water partition coefficient (Wildman–Crippen LogP) is 2.32. The Hall–Kier alpha value is -2.16. The maximum absolute atomic E-state index is 10.4. The van der Waals surface area contributed by atoms with Crippen LogP contribution in [-0.2, 0) is 27.4 Å². The molecule has 1 fully saturated rings. The molecule has 2 aromatic rings. The van der Waals surface area contributed by atoms with E-state index in [9.17, 15) is 10.2 Å². The molecule has 0 spiro atoms. The minimum Gasteiger partial charge on any atom is -0.497 e. The van der Waals surface area contributed by atoms with Crippen LogP contribution < -0.4 is 9.47 Å². The van der Waals surface area contributed by atoms with E-state index in [1.165, 1.54) is 0 Å². The summed E-state index contributed by atoms with van der Waals surface area (Å²) in [7, 11) is 3.25. The van der Waals surface area contributed by atoms with Gasteiger partial charge in [0, 0.05) is 6.42 Å². The van der Waals surface area contributed by atoms with Crippen molar-refractivity contribution in [1.29, 1.82) is 0 Å². The highest BCUT2D eigenvalue weighted by Crippen LogP contribution is 2.24. The molecule has 1 saturated heterocycles. The maximum atomic E-state index is 10.4. The van der Waals surface area contributed by atoms with Gasteiger partial charge in [-0.15, -0.1) is 0 Å². The molecule has 1 aliphatic rings. The van der Waals surface area contributed by atoms with Crippen molar-refractivity contribution in [3.8, 4) is 11.5 Å². The van der Waals surface area contributed by atoms with Crippen LogP contribution in [0.4, 0.5) is 0 Å². The highest BCUT2D eigenvalue weighted by molar-refractivity contribution is 5.27. The van der Waals surface area contributed by atoms with Gasteiger partial charge in [-0.05, 0) is 35.4 Å². The summed E-state index contributed by atoms with van der Waals surface area (Å²) in [6.45, 7) is 1.22.